The molecular formula is C13H16N4O3S2. The number of carbonyl (C=O) groups is 1. The van der Waals surface area contributed by atoms with Crippen molar-refractivity contribution in [2.75, 3.05) is 11.9 Å². The zero-order valence-electron chi connectivity index (χ0n) is 11.9. The fourth-order valence-electron chi connectivity index (χ4n) is 1.72. The van der Waals surface area contributed by atoms with Gasteiger partial charge in [-0.05, 0) is 18.4 Å². The topological polar surface area (TPSA) is 101 Å². The number of anilines is 1. The van der Waals surface area contributed by atoms with Crippen molar-refractivity contribution in [3.63, 3.8) is 0 Å². The molecule has 0 aliphatic rings. The van der Waals surface area contributed by atoms with Gasteiger partial charge in [-0.25, -0.2) is 13.1 Å². The van der Waals surface area contributed by atoms with Crippen LogP contribution in [0.1, 0.15) is 18.9 Å². The molecule has 1 aromatic carbocycles. The number of rotatable bonds is 7. The molecule has 0 aliphatic carbocycles. The van der Waals surface area contributed by atoms with Crippen LogP contribution in [0.5, 0.6) is 0 Å². The van der Waals surface area contributed by atoms with E-state index in [-0.39, 0.29) is 15.4 Å². The van der Waals surface area contributed by atoms with Crippen LogP contribution in [-0.4, -0.2) is 31.1 Å². The molecule has 0 aliphatic heterocycles. The minimum absolute atomic E-state index is 0.157. The molecule has 7 nitrogen and oxygen atoms in total. The monoisotopic (exact) mass is 340 g/mol. The summed E-state index contributed by atoms with van der Waals surface area (Å²) in [7, 11) is -3.69. The third-order valence-corrected chi connectivity index (χ3v) is 5.36. The van der Waals surface area contributed by atoms with Gasteiger partial charge in [-0.15, -0.1) is 10.2 Å². The van der Waals surface area contributed by atoms with Gasteiger partial charge in [0.1, 0.15) is 0 Å². The molecule has 0 atom stereocenters. The standard InChI is InChI=1S/C13H16N4O3S2/c1-10(18)15-12-16-17-13(21-12)22(19,20)14-9-5-8-11-6-3-2-4-7-11/h2-4,6-7,14H,5,8-9H2,1H3,(H,15,16,18). The van der Waals surface area contributed by atoms with E-state index in [0.717, 1.165) is 23.3 Å². The van der Waals surface area contributed by atoms with E-state index in [4.69, 9.17) is 0 Å². The molecule has 1 amide bonds. The molecule has 9 heteroatoms. The minimum atomic E-state index is -3.69. The van der Waals surface area contributed by atoms with Crippen LogP contribution in [0.25, 0.3) is 0 Å². The van der Waals surface area contributed by atoms with Crippen molar-refractivity contribution in [1.82, 2.24) is 14.9 Å². The lowest BCUT2D eigenvalue weighted by Gasteiger charge is -2.03. The lowest BCUT2D eigenvalue weighted by Crippen LogP contribution is -2.25. The van der Waals surface area contributed by atoms with Crippen LogP contribution in [0.15, 0.2) is 34.7 Å². The number of hydrogen-bond acceptors (Lipinski definition) is 6. The fraction of sp³-hybridized carbons (Fsp3) is 0.308. The predicted octanol–water partition coefficient (Wildman–Crippen LogP) is 1.41. The summed E-state index contributed by atoms with van der Waals surface area (Å²) in [6, 6.07) is 9.83. The van der Waals surface area contributed by atoms with Crippen LogP contribution in [0.2, 0.25) is 0 Å². The second-order valence-electron chi connectivity index (χ2n) is 4.54. The number of nitrogens with one attached hydrogen (secondary N) is 2. The lowest BCUT2D eigenvalue weighted by atomic mass is 10.1. The Morgan fingerprint density at radius 1 is 1.23 bits per heavy atom. The van der Waals surface area contributed by atoms with E-state index < -0.39 is 10.0 Å². The third kappa shape index (κ3) is 4.86. The molecule has 22 heavy (non-hydrogen) atoms. The highest BCUT2D eigenvalue weighted by Gasteiger charge is 2.19. The fourth-order valence-corrected chi connectivity index (χ4v) is 3.79. The van der Waals surface area contributed by atoms with E-state index in [1.807, 2.05) is 30.3 Å². The largest absolute Gasteiger partial charge is 0.301 e. The van der Waals surface area contributed by atoms with Gasteiger partial charge in [-0.2, -0.15) is 0 Å². The van der Waals surface area contributed by atoms with Gasteiger partial charge in [0.15, 0.2) is 0 Å². The number of aryl methyl sites for hydroxylation is 1. The maximum absolute atomic E-state index is 12.0. The number of amides is 1. The quantitative estimate of drug-likeness (QED) is 0.586. The SMILES string of the molecule is CC(=O)Nc1nnc(S(=O)(=O)NCCCc2ccccc2)s1. The second kappa shape index (κ2) is 7.43. The summed E-state index contributed by atoms with van der Waals surface area (Å²) < 4.78 is 26.4. The number of benzene rings is 1. The molecular weight excluding hydrogens is 324 g/mol. The van der Waals surface area contributed by atoms with Crippen LogP contribution in [-0.2, 0) is 21.2 Å². The number of sulfonamides is 1. The normalized spacial score (nSPS) is 11.3. The first-order chi connectivity index (χ1) is 10.5. The molecule has 2 N–H and O–H groups in total. The molecule has 1 heterocycles. The number of nitrogens with zero attached hydrogens (tertiary/aromatic N) is 2. The molecule has 2 rings (SSSR count). The highest BCUT2D eigenvalue weighted by atomic mass is 32.2. The van der Waals surface area contributed by atoms with Crippen molar-refractivity contribution in [2.24, 2.45) is 0 Å². The highest BCUT2D eigenvalue weighted by molar-refractivity contribution is 7.91. The Balaban J connectivity index is 1.85. The van der Waals surface area contributed by atoms with Crippen LogP contribution < -0.4 is 10.0 Å². The summed E-state index contributed by atoms with van der Waals surface area (Å²) in [4.78, 5) is 10.9. The molecule has 0 saturated heterocycles. The number of hydrogen-bond donors (Lipinski definition) is 2. The number of carbonyl (C=O) groups excluding carboxylic acids is 1. The minimum Gasteiger partial charge on any atom is -0.301 e. The molecule has 0 spiro atoms. The summed E-state index contributed by atoms with van der Waals surface area (Å²) in [6.07, 6.45) is 1.47. The van der Waals surface area contributed by atoms with Gasteiger partial charge < -0.3 is 5.32 Å². The second-order valence-corrected chi connectivity index (χ2v) is 7.46. The summed E-state index contributed by atoms with van der Waals surface area (Å²) in [5, 5.41) is 9.76. The van der Waals surface area contributed by atoms with Gasteiger partial charge in [0, 0.05) is 13.5 Å². The molecule has 0 radical (unpaired) electrons. The summed E-state index contributed by atoms with van der Waals surface area (Å²) in [5.74, 6) is -0.323. The van der Waals surface area contributed by atoms with E-state index >= 15 is 0 Å². The van der Waals surface area contributed by atoms with Gasteiger partial charge >= 0.3 is 0 Å². The van der Waals surface area contributed by atoms with Gasteiger partial charge in [0.05, 0.1) is 0 Å². The van der Waals surface area contributed by atoms with Gasteiger partial charge in [-0.3, -0.25) is 4.79 Å². The van der Waals surface area contributed by atoms with Gasteiger partial charge in [-0.1, -0.05) is 41.7 Å². The Kier molecular flexibility index (Phi) is 5.58. The predicted molar refractivity (Wildman–Crippen MR) is 84.2 cm³/mol. The lowest BCUT2D eigenvalue weighted by molar-refractivity contribution is -0.114. The van der Waals surface area contributed by atoms with Gasteiger partial charge in [0.25, 0.3) is 10.0 Å². The zero-order valence-corrected chi connectivity index (χ0v) is 13.6. The van der Waals surface area contributed by atoms with Crippen LogP contribution >= 0.6 is 11.3 Å². The van der Waals surface area contributed by atoms with E-state index in [0.29, 0.717) is 13.0 Å². The first-order valence-corrected chi connectivity index (χ1v) is 8.92. The summed E-state index contributed by atoms with van der Waals surface area (Å²) in [5.41, 5.74) is 1.16. The molecule has 0 unspecified atom stereocenters. The van der Waals surface area contributed by atoms with E-state index in [9.17, 15) is 13.2 Å². The molecule has 0 bridgehead atoms. The average Bonchev–Trinajstić information content (AvgIpc) is 2.93. The highest BCUT2D eigenvalue weighted by Crippen LogP contribution is 2.19. The van der Waals surface area contributed by atoms with Crippen LogP contribution in [0.3, 0.4) is 0 Å². The molecule has 1 aromatic heterocycles. The Morgan fingerprint density at radius 2 is 1.95 bits per heavy atom. The third-order valence-electron chi connectivity index (χ3n) is 2.70. The Morgan fingerprint density at radius 3 is 2.64 bits per heavy atom. The van der Waals surface area contributed by atoms with Crippen molar-refractivity contribution in [2.45, 2.75) is 24.1 Å². The zero-order chi connectivity index (χ0) is 16.0. The van der Waals surface area contributed by atoms with Crippen molar-refractivity contribution >= 4 is 32.4 Å². The van der Waals surface area contributed by atoms with E-state index in [2.05, 4.69) is 20.2 Å². The summed E-state index contributed by atoms with van der Waals surface area (Å²) >= 11 is 0.818. The molecule has 0 saturated carbocycles. The van der Waals surface area contributed by atoms with Crippen molar-refractivity contribution in [3.05, 3.63) is 35.9 Å². The van der Waals surface area contributed by atoms with Gasteiger partial charge in [0.2, 0.25) is 15.4 Å². The number of aromatic nitrogens is 2. The molecule has 118 valence electrons. The van der Waals surface area contributed by atoms with E-state index in [1.54, 1.807) is 0 Å². The van der Waals surface area contributed by atoms with E-state index in [1.165, 1.54) is 6.92 Å². The van der Waals surface area contributed by atoms with Crippen LogP contribution in [0.4, 0.5) is 5.13 Å². The maximum atomic E-state index is 12.0. The maximum Gasteiger partial charge on any atom is 0.269 e. The average molecular weight is 340 g/mol. The Labute approximate surface area is 132 Å². The smallest absolute Gasteiger partial charge is 0.269 e. The van der Waals surface area contributed by atoms with Crippen molar-refractivity contribution in [3.8, 4) is 0 Å². The summed E-state index contributed by atoms with van der Waals surface area (Å²) in [6.45, 7) is 1.63. The van der Waals surface area contributed by atoms with Crippen molar-refractivity contribution in [1.29, 1.82) is 0 Å². The van der Waals surface area contributed by atoms with Crippen molar-refractivity contribution < 1.29 is 13.2 Å². The Hall–Kier alpha value is -1.84. The molecule has 0 fully saturated rings. The molecule has 2 aromatic rings. The first kappa shape index (κ1) is 16.5. The van der Waals surface area contributed by atoms with Crippen LogP contribution in [0, 0.1) is 0 Å². The first-order valence-electron chi connectivity index (χ1n) is 6.62. The Bertz CT molecular complexity index is 729.